The van der Waals surface area contributed by atoms with Crippen molar-refractivity contribution < 1.29 is 14.3 Å². The van der Waals surface area contributed by atoms with Crippen LogP contribution in [0.3, 0.4) is 0 Å². The molecule has 2 aliphatic rings. The predicted octanol–water partition coefficient (Wildman–Crippen LogP) is 4.33. The number of H-pyrrole nitrogens is 1. The standard InChI is InChI=1S/C24H25N3O3/c1-15(2)16-6-7-21-19(12-16)20(28)13-24(30-21)8-10-27(11-9-24)23(29)18-5-3-4-17-14-25-26-22(17)18/h3-7,12,14-15H,8-11,13H2,1-2H3,(H,25,26). The number of nitrogens with one attached hydrogen (secondary N) is 1. The van der Waals surface area contributed by atoms with E-state index >= 15 is 0 Å². The molecule has 0 radical (unpaired) electrons. The van der Waals surface area contributed by atoms with Gasteiger partial charge in [-0.15, -0.1) is 0 Å². The molecule has 30 heavy (non-hydrogen) atoms. The van der Waals surface area contributed by atoms with Crippen molar-refractivity contribution in [1.82, 2.24) is 15.1 Å². The Bertz CT molecular complexity index is 1140. The number of nitrogens with zero attached hydrogens (tertiary/aromatic N) is 2. The Balaban J connectivity index is 1.34. The van der Waals surface area contributed by atoms with Crippen LogP contribution < -0.4 is 4.74 Å². The predicted molar refractivity (Wildman–Crippen MR) is 114 cm³/mol. The number of aromatic amines is 1. The smallest absolute Gasteiger partial charge is 0.256 e. The van der Waals surface area contributed by atoms with Crippen molar-refractivity contribution in [3.63, 3.8) is 0 Å². The summed E-state index contributed by atoms with van der Waals surface area (Å²) in [6.07, 6.45) is 3.39. The van der Waals surface area contributed by atoms with E-state index in [0.29, 0.717) is 55.1 Å². The van der Waals surface area contributed by atoms with Gasteiger partial charge in [-0.1, -0.05) is 32.0 Å². The topological polar surface area (TPSA) is 75.3 Å². The van der Waals surface area contributed by atoms with Crippen molar-refractivity contribution in [2.75, 3.05) is 13.1 Å². The van der Waals surface area contributed by atoms with Crippen LogP contribution in [0.1, 0.15) is 65.3 Å². The maximum Gasteiger partial charge on any atom is 0.256 e. The summed E-state index contributed by atoms with van der Waals surface area (Å²) in [5.41, 5.74) is 2.72. The molecular weight excluding hydrogens is 378 g/mol. The fraction of sp³-hybridized carbons (Fsp3) is 0.375. The van der Waals surface area contributed by atoms with Crippen molar-refractivity contribution in [1.29, 1.82) is 0 Å². The lowest BCUT2D eigenvalue weighted by Crippen LogP contribution is -2.52. The molecule has 5 rings (SSSR count). The average Bonchev–Trinajstić information content (AvgIpc) is 3.22. The van der Waals surface area contributed by atoms with E-state index in [-0.39, 0.29) is 11.7 Å². The summed E-state index contributed by atoms with van der Waals surface area (Å²) in [6, 6.07) is 11.6. The molecule has 6 heteroatoms. The van der Waals surface area contributed by atoms with Gasteiger partial charge in [0.2, 0.25) is 0 Å². The zero-order chi connectivity index (χ0) is 20.9. The Hall–Kier alpha value is -3.15. The molecule has 0 saturated carbocycles. The van der Waals surface area contributed by atoms with Crippen molar-refractivity contribution in [2.45, 2.75) is 44.6 Å². The maximum absolute atomic E-state index is 13.1. The van der Waals surface area contributed by atoms with E-state index in [9.17, 15) is 9.59 Å². The minimum absolute atomic E-state index is 0.0104. The summed E-state index contributed by atoms with van der Waals surface area (Å²) in [7, 11) is 0. The largest absolute Gasteiger partial charge is 0.486 e. The van der Waals surface area contributed by atoms with E-state index in [1.54, 1.807) is 6.20 Å². The molecule has 1 spiro atoms. The van der Waals surface area contributed by atoms with Gasteiger partial charge in [0.05, 0.1) is 29.3 Å². The minimum atomic E-state index is -0.514. The first-order valence-electron chi connectivity index (χ1n) is 10.5. The van der Waals surface area contributed by atoms with Gasteiger partial charge in [0.15, 0.2) is 5.78 Å². The number of hydrogen-bond donors (Lipinski definition) is 1. The zero-order valence-corrected chi connectivity index (χ0v) is 17.3. The molecule has 6 nitrogen and oxygen atoms in total. The number of amides is 1. The number of carbonyl (C=O) groups excluding carboxylic acids is 2. The van der Waals surface area contributed by atoms with Crippen LogP contribution in [-0.2, 0) is 0 Å². The number of likely N-dealkylation sites (tertiary alicyclic amines) is 1. The SMILES string of the molecule is CC(C)c1ccc2c(c1)C(=O)CC1(CCN(C(=O)c3cccc4cn[nH]c34)CC1)O2. The number of fused-ring (bicyclic) bond motifs is 2. The first kappa shape index (κ1) is 18.9. The molecule has 0 bridgehead atoms. The normalized spacial score (nSPS) is 18.0. The number of piperidine rings is 1. The van der Waals surface area contributed by atoms with E-state index in [1.165, 1.54) is 0 Å². The molecule has 3 aromatic rings. The molecule has 1 N–H and O–H groups in total. The van der Waals surface area contributed by atoms with E-state index in [0.717, 1.165) is 16.5 Å². The fourth-order valence-electron chi connectivity index (χ4n) is 4.58. The molecule has 0 atom stereocenters. The highest BCUT2D eigenvalue weighted by atomic mass is 16.5. The van der Waals surface area contributed by atoms with Crippen LogP contribution in [0.2, 0.25) is 0 Å². The van der Waals surface area contributed by atoms with Gasteiger partial charge in [-0.25, -0.2) is 0 Å². The summed E-state index contributed by atoms with van der Waals surface area (Å²) in [6.45, 7) is 5.37. The van der Waals surface area contributed by atoms with Crippen LogP contribution in [-0.4, -0.2) is 45.5 Å². The van der Waals surface area contributed by atoms with E-state index in [1.807, 2.05) is 41.3 Å². The third kappa shape index (κ3) is 3.07. The number of benzene rings is 2. The van der Waals surface area contributed by atoms with Gasteiger partial charge in [0.1, 0.15) is 11.4 Å². The highest BCUT2D eigenvalue weighted by Crippen LogP contribution is 2.40. The molecule has 3 heterocycles. The lowest BCUT2D eigenvalue weighted by molar-refractivity contribution is -0.00568. The van der Waals surface area contributed by atoms with E-state index in [4.69, 9.17) is 4.74 Å². The van der Waals surface area contributed by atoms with Crippen LogP contribution in [0, 0.1) is 0 Å². The number of carbonyl (C=O) groups is 2. The number of ketones is 1. The summed E-state index contributed by atoms with van der Waals surface area (Å²) in [5.74, 6) is 1.18. The van der Waals surface area contributed by atoms with E-state index in [2.05, 4.69) is 24.0 Å². The average molecular weight is 403 g/mol. The summed E-state index contributed by atoms with van der Waals surface area (Å²) >= 11 is 0. The number of ether oxygens (including phenoxy) is 1. The molecule has 1 saturated heterocycles. The molecule has 2 aliphatic heterocycles. The number of Topliss-reactive ketones (excluding diaryl/α,β-unsaturated/α-hetero) is 1. The van der Waals surface area contributed by atoms with Crippen LogP contribution >= 0.6 is 0 Å². The van der Waals surface area contributed by atoms with E-state index < -0.39 is 5.60 Å². The zero-order valence-electron chi connectivity index (χ0n) is 17.3. The van der Waals surface area contributed by atoms with Crippen molar-refractivity contribution >= 4 is 22.6 Å². The number of hydrogen-bond acceptors (Lipinski definition) is 4. The fourth-order valence-corrected chi connectivity index (χ4v) is 4.58. The van der Waals surface area contributed by atoms with Gasteiger partial charge < -0.3 is 9.64 Å². The highest BCUT2D eigenvalue weighted by molar-refractivity contribution is 6.05. The lowest BCUT2D eigenvalue weighted by Gasteiger charge is -2.44. The molecule has 0 aliphatic carbocycles. The third-order valence-corrected chi connectivity index (χ3v) is 6.45. The van der Waals surface area contributed by atoms with Crippen LogP contribution in [0.15, 0.2) is 42.6 Å². The minimum Gasteiger partial charge on any atom is -0.486 e. The van der Waals surface area contributed by atoms with Gasteiger partial charge in [-0.3, -0.25) is 14.7 Å². The lowest BCUT2D eigenvalue weighted by atomic mass is 9.81. The van der Waals surface area contributed by atoms with Crippen LogP contribution in [0.5, 0.6) is 5.75 Å². The molecule has 1 aromatic heterocycles. The van der Waals surface area contributed by atoms with Crippen LogP contribution in [0.4, 0.5) is 0 Å². The first-order valence-corrected chi connectivity index (χ1v) is 10.5. The Morgan fingerprint density at radius 3 is 2.77 bits per heavy atom. The summed E-state index contributed by atoms with van der Waals surface area (Å²) < 4.78 is 6.38. The monoisotopic (exact) mass is 403 g/mol. The first-order chi connectivity index (χ1) is 14.5. The summed E-state index contributed by atoms with van der Waals surface area (Å²) in [4.78, 5) is 27.9. The molecule has 1 fully saturated rings. The molecule has 2 aromatic carbocycles. The van der Waals surface area contributed by atoms with Crippen molar-refractivity contribution in [3.8, 4) is 5.75 Å². The van der Waals surface area contributed by atoms with Gasteiger partial charge in [0, 0.05) is 31.3 Å². The molecule has 154 valence electrons. The molecular formula is C24H25N3O3. The van der Waals surface area contributed by atoms with Gasteiger partial charge >= 0.3 is 0 Å². The quantitative estimate of drug-likeness (QED) is 0.691. The number of aromatic nitrogens is 2. The second kappa shape index (κ2) is 6.97. The highest BCUT2D eigenvalue weighted by Gasteiger charge is 2.44. The van der Waals surface area contributed by atoms with Crippen LogP contribution in [0.25, 0.3) is 10.9 Å². The Kier molecular flexibility index (Phi) is 4.38. The molecule has 0 unspecified atom stereocenters. The van der Waals surface area contributed by atoms with Gasteiger partial charge in [0.25, 0.3) is 5.91 Å². The maximum atomic E-state index is 13.1. The Labute approximate surface area is 175 Å². The summed E-state index contributed by atoms with van der Waals surface area (Å²) in [5, 5.41) is 7.90. The Morgan fingerprint density at radius 1 is 1.20 bits per heavy atom. The van der Waals surface area contributed by atoms with Gasteiger partial charge in [-0.2, -0.15) is 5.10 Å². The van der Waals surface area contributed by atoms with Gasteiger partial charge in [-0.05, 0) is 29.7 Å². The number of para-hydroxylation sites is 1. The van der Waals surface area contributed by atoms with Crippen molar-refractivity contribution in [2.24, 2.45) is 0 Å². The Morgan fingerprint density at radius 2 is 2.00 bits per heavy atom. The van der Waals surface area contributed by atoms with Crippen molar-refractivity contribution in [3.05, 3.63) is 59.3 Å². The second-order valence-corrected chi connectivity index (χ2v) is 8.73. The number of rotatable bonds is 2. The molecule has 1 amide bonds. The second-order valence-electron chi connectivity index (χ2n) is 8.73. The third-order valence-electron chi connectivity index (χ3n) is 6.45.